The van der Waals surface area contributed by atoms with E-state index in [1.807, 2.05) is 24.3 Å². The van der Waals surface area contributed by atoms with Crippen molar-refractivity contribution in [1.82, 2.24) is 9.44 Å². The maximum Gasteiger partial charge on any atom is 0.264 e. The van der Waals surface area contributed by atoms with E-state index in [1.165, 1.54) is 22.3 Å². The fourth-order valence-electron chi connectivity index (χ4n) is 16.6. The monoisotopic (exact) mass is 1250 g/mol. The van der Waals surface area contributed by atoms with Crippen molar-refractivity contribution in [3.63, 3.8) is 0 Å². The van der Waals surface area contributed by atoms with E-state index in [0.717, 1.165) is 85.6 Å². The Morgan fingerprint density at radius 2 is 0.965 bits per heavy atom. The molecule has 4 saturated carbocycles. The van der Waals surface area contributed by atoms with Crippen LogP contribution in [0.25, 0.3) is 0 Å². The lowest BCUT2D eigenvalue weighted by atomic mass is 9.68. The van der Waals surface area contributed by atoms with E-state index < -0.39 is 66.8 Å². The minimum absolute atomic E-state index is 0.0783. The lowest BCUT2D eigenvalue weighted by molar-refractivity contribution is 0.0454. The fourth-order valence-corrected chi connectivity index (χ4v) is 20.4. The summed E-state index contributed by atoms with van der Waals surface area (Å²) in [6.45, 7) is 3.70. The fraction of sp³-hybridized carbons (Fsp3) is 0.545. The van der Waals surface area contributed by atoms with Crippen molar-refractivity contribution in [1.29, 1.82) is 0 Å². The molecule has 460 valence electrons. The van der Waals surface area contributed by atoms with Gasteiger partial charge in [0.1, 0.15) is 11.5 Å². The van der Waals surface area contributed by atoms with Crippen LogP contribution in [0.5, 0.6) is 11.5 Å². The number of ether oxygens (including phenoxy) is 2. The molecule has 0 unspecified atom stereocenters. The quantitative estimate of drug-likeness (QED) is 0.0905. The normalized spacial score (nSPS) is 35.8. The Morgan fingerprint density at radius 3 is 1.37 bits per heavy atom. The highest BCUT2D eigenvalue weighted by Gasteiger charge is 2.49. The van der Waals surface area contributed by atoms with Crippen molar-refractivity contribution in [3.05, 3.63) is 141 Å². The second-order valence-electron chi connectivity index (χ2n) is 26.7. The molecular weight excluding hydrogens is 1180 g/mol. The van der Waals surface area contributed by atoms with Crippen LogP contribution < -0.4 is 28.7 Å². The molecule has 0 aromatic heterocycles. The molecule has 4 bridgehead atoms. The van der Waals surface area contributed by atoms with E-state index in [-0.39, 0.29) is 70.3 Å². The lowest BCUT2D eigenvalue weighted by Gasteiger charge is -2.45. The number of sulfonamides is 2. The number of aryl methyl sites for hydroxylation is 2. The molecule has 14 atom stereocenters. The molecule has 10 aliphatic rings. The molecule has 20 heteroatoms. The number of nitrogens with zero attached hydrogens (tertiary/aromatic N) is 2. The summed E-state index contributed by atoms with van der Waals surface area (Å²) in [5.41, 5.74) is 6.43. The van der Waals surface area contributed by atoms with Gasteiger partial charge in [-0.15, -0.1) is 0 Å². The van der Waals surface area contributed by atoms with Crippen molar-refractivity contribution in [3.8, 4) is 11.5 Å². The smallest absolute Gasteiger partial charge is 0.264 e. The zero-order valence-corrected chi connectivity index (χ0v) is 51.4. The third-order valence-corrected chi connectivity index (χ3v) is 25.5. The summed E-state index contributed by atoms with van der Waals surface area (Å²) in [5, 5.41) is 42.7. The number of amides is 2. The number of hydrogen-bond acceptors (Lipinski definition) is 14. The summed E-state index contributed by atoms with van der Waals surface area (Å²) in [6, 6.07) is 22.6. The molecule has 16 nitrogen and oxygen atoms in total. The van der Waals surface area contributed by atoms with Crippen LogP contribution in [-0.2, 0) is 43.7 Å². The van der Waals surface area contributed by atoms with Crippen molar-refractivity contribution in [2.75, 3.05) is 49.2 Å². The van der Waals surface area contributed by atoms with Gasteiger partial charge in [0.25, 0.3) is 11.8 Å². The molecular formula is C66H78Cl2N4O12S2. The van der Waals surface area contributed by atoms with Gasteiger partial charge in [-0.3, -0.25) is 9.59 Å². The average Bonchev–Trinajstić information content (AvgIpc) is 1.63. The van der Waals surface area contributed by atoms with Crippen LogP contribution >= 0.6 is 23.2 Å². The van der Waals surface area contributed by atoms with Crippen molar-refractivity contribution < 1.29 is 56.3 Å². The lowest BCUT2D eigenvalue weighted by Crippen LogP contribution is -2.49. The summed E-state index contributed by atoms with van der Waals surface area (Å²) >= 11 is 12.8. The molecule has 4 aromatic carbocycles. The van der Waals surface area contributed by atoms with Gasteiger partial charge in [-0.25, -0.2) is 26.3 Å². The Balaban J connectivity index is 0.000000160. The van der Waals surface area contributed by atoms with E-state index in [1.54, 1.807) is 48.6 Å². The number of hydrogen-bond donors (Lipinski definition) is 6. The Morgan fingerprint density at radius 1 is 0.535 bits per heavy atom. The standard InChI is InChI=1S/2C33H39ClN2O6S/c2*34-24-8-10-27-20(13-24)4-2-12-33(27)18-36-17-23-6-9-26(23)29(38)5-1-3-21-14-25(37)16-31(21)43(40,41)35-32(39)22-7-11-30(42-19-33)28(36)15-22/h2*1,5,7-8,10-11,13,15,21,23,25-26,29,31,37-38H,2-4,6,9,12,14,16-19H2,(H,35,39)/b2*5-1+/t21-,23+,25-,26-,29+,31-,33+;21-,23-,25-,26+,29-,31-,33-/m10/s1. The van der Waals surface area contributed by atoms with Gasteiger partial charge in [0, 0.05) is 58.2 Å². The summed E-state index contributed by atoms with van der Waals surface area (Å²) in [5.74, 6) is -0.0367. The van der Waals surface area contributed by atoms with Gasteiger partial charge >= 0.3 is 0 Å². The van der Waals surface area contributed by atoms with Crippen LogP contribution in [0.3, 0.4) is 0 Å². The number of rotatable bonds is 0. The van der Waals surface area contributed by atoms with Crippen LogP contribution in [0.2, 0.25) is 10.0 Å². The minimum atomic E-state index is -4.05. The molecule has 86 heavy (non-hydrogen) atoms. The number of carbonyl (C=O) groups excluding carboxylic acids is 2. The van der Waals surface area contributed by atoms with Crippen LogP contribution in [-0.4, -0.2) is 123 Å². The predicted octanol–water partition coefficient (Wildman–Crippen LogP) is 8.72. The highest BCUT2D eigenvalue weighted by molar-refractivity contribution is 7.91. The molecule has 0 radical (unpaired) electrons. The molecule has 14 rings (SSSR count). The third-order valence-electron chi connectivity index (χ3n) is 21.4. The number of aliphatic hydroxyl groups is 4. The molecule has 4 aliphatic heterocycles. The van der Waals surface area contributed by atoms with Crippen LogP contribution in [0, 0.1) is 35.5 Å². The van der Waals surface area contributed by atoms with Crippen LogP contribution in [0.4, 0.5) is 11.4 Å². The highest BCUT2D eigenvalue weighted by atomic mass is 35.5. The van der Waals surface area contributed by atoms with Crippen molar-refractivity contribution >= 4 is 66.4 Å². The maximum absolute atomic E-state index is 13.5. The van der Waals surface area contributed by atoms with Gasteiger partial charge in [-0.05, 0) is 221 Å². The summed E-state index contributed by atoms with van der Waals surface area (Å²) in [7, 11) is -8.11. The van der Waals surface area contributed by atoms with Gasteiger partial charge in [0.2, 0.25) is 20.0 Å². The molecule has 2 spiro atoms. The SMILES string of the molecule is O=C1NS(=O)(=O)[C@@H]2C[C@H](O)C[C@H]2C/C=C/[C@H](O)[C@@H]2CC[C@H]2CN2C[C@@]3(CCCc4cc(Cl)ccc43)COc3ccc1cc32.O=C1NS(=O)(=O)[C@H]2C[C@@H](O)C[C@@H]2C/C=C/[C@H](O)[C@@H]2CC[C@H]2CN2C[C@@]3(CCCc4cc(Cl)ccc43)COc3ccc1cc32. The Labute approximate surface area is 514 Å². The number of benzene rings is 4. The van der Waals surface area contributed by atoms with E-state index in [9.17, 15) is 46.9 Å². The molecule has 6 N–H and O–H groups in total. The number of nitrogens with one attached hydrogen (secondary N) is 2. The maximum atomic E-state index is 13.5. The van der Waals surface area contributed by atoms with E-state index in [2.05, 4.69) is 43.5 Å². The highest BCUT2D eigenvalue weighted by Crippen LogP contribution is 2.50. The summed E-state index contributed by atoms with van der Waals surface area (Å²) < 4.78 is 71.4. The van der Waals surface area contributed by atoms with Gasteiger partial charge in [-0.1, -0.05) is 59.6 Å². The van der Waals surface area contributed by atoms with Gasteiger partial charge in [0.05, 0.1) is 59.5 Å². The zero-order valence-electron chi connectivity index (χ0n) is 48.2. The predicted molar refractivity (Wildman–Crippen MR) is 330 cm³/mol. The number of aliphatic hydroxyl groups excluding tert-OH is 4. The molecule has 4 aromatic rings. The first-order valence-corrected chi connectivity index (χ1v) is 34.9. The van der Waals surface area contributed by atoms with Gasteiger partial charge in [0.15, 0.2) is 0 Å². The first-order valence-electron chi connectivity index (χ1n) is 31.0. The molecule has 4 heterocycles. The molecule has 2 amide bonds. The number of allylic oxidation sites excluding steroid dienone is 2. The first kappa shape index (κ1) is 59.8. The van der Waals surface area contributed by atoms with Crippen LogP contribution in [0.1, 0.15) is 133 Å². The number of halogens is 2. The topological polar surface area (TPSA) is 232 Å². The first-order chi connectivity index (χ1) is 41.2. The van der Waals surface area contributed by atoms with Gasteiger partial charge < -0.3 is 39.7 Å². The Bertz CT molecular complexity index is 3360. The van der Waals surface area contributed by atoms with Crippen LogP contribution in [0.15, 0.2) is 97.1 Å². The van der Waals surface area contributed by atoms with Gasteiger partial charge in [-0.2, -0.15) is 0 Å². The number of fused-ring (bicyclic) bond motifs is 10. The number of carbonyl (C=O) groups is 2. The zero-order chi connectivity index (χ0) is 59.9. The summed E-state index contributed by atoms with van der Waals surface area (Å²) in [6.07, 6.45) is 15.9. The van der Waals surface area contributed by atoms with Crippen molar-refractivity contribution in [2.24, 2.45) is 35.5 Å². The summed E-state index contributed by atoms with van der Waals surface area (Å²) in [4.78, 5) is 31.5. The second-order valence-corrected chi connectivity index (χ2v) is 31.4. The molecule has 6 aliphatic carbocycles. The number of anilines is 2. The Hall–Kier alpha value is -5.18. The largest absolute Gasteiger partial charge is 0.490 e. The molecule has 4 fully saturated rings. The Kier molecular flexibility index (Phi) is 16.4. The second kappa shape index (κ2) is 23.6. The van der Waals surface area contributed by atoms with E-state index in [4.69, 9.17) is 32.7 Å². The van der Waals surface area contributed by atoms with Crippen molar-refractivity contribution in [2.45, 2.75) is 148 Å². The average molecular weight is 1250 g/mol. The third kappa shape index (κ3) is 11.6. The molecule has 0 saturated heterocycles. The van der Waals surface area contributed by atoms with E-state index >= 15 is 0 Å². The minimum Gasteiger partial charge on any atom is -0.490 e. The van der Waals surface area contributed by atoms with E-state index in [0.29, 0.717) is 76.6 Å².